The highest BCUT2D eigenvalue weighted by molar-refractivity contribution is 7.07. The Bertz CT molecular complexity index is 138. The number of pyridine rings is 1. The van der Waals surface area contributed by atoms with Crippen molar-refractivity contribution in [1.29, 1.82) is 0 Å². The first-order valence-corrected chi connectivity index (χ1v) is 2.52. The van der Waals surface area contributed by atoms with Crippen molar-refractivity contribution in [3.63, 3.8) is 0 Å². The van der Waals surface area contributed by atoms with Crippen LogP contribution in [-0.2, 0) is 0 Å². The highest BCUT2D eigenvalue weighted by Crippen LogP contribution is 1.77. The Morgan fingerprint density at radius 1 is 1.00 bits per heavy atom. The first-order chi connectivity index (χ1) is 3.39. The van der Waals surface area contributed by atoms with E-state index in [0.29, 0.717) is 0 Å². The van der Waals surface area contributed by atoms with E-state index in [1.807, 2.05) is 30.6 Å². The molecule has 0 aromatic carbocycles. The molecule has 0 fully saturated rings. The predicted octanol–water partition coefficient (Wildman–Crippen LogP) is 0.880. The molecule has 0 spiro atoms. The number of hydrogen-bond donors (Lipinski definition) is 0. The molecule has 0 bridgehead atoms. The quantitative estimate of drug-likeness (QED) is 0.437. The van der Waals surface area contributed by atoms with E-state index in [1.54, 1.807) is 4.34 Å². The van der Waals surface area contributed by atoms with Gasteiger partial charge in [-0.25, -0.2) is 0 Å². The van der Waals surface area contributed by atoms with Crippen molar-refractivity contribution in [3.05, 3.63) is 30.6 Å². The highest BCUT2D eigenvalue weighted by atomic mass is 31.0. The van der Waals surface area contributed by atoms with Gasteiger partial charge in [0.25, 0.3) is 0 Å². The number of rotatable bonds is 0. The van der Waals surface area contributed by atoms with Crippen LogP contribution in [0.1, 0.15) is 0 Å². The van der Waals surface area contributed by atoms with Crippen LogP contribution in [0.15, 0.2) is 30.6 Å². The molecule has 1 aromatic rings. The molecular weight excluding hydrogens is 105 g/mol. The van der Waals surface area contributed by atoms with E-state index in [9.17, 15) is 0 Å². The summed E-state index contributed by atoms with van der Waals surface area (Å²) in [6.45, 7) is 0. The van der Waals surface area contributed by atoms with Crippen LogP contribution in [0.2, 0.25) is 0 Å². The fourth-order valence-corrected chi connectivity index (χ4v) is 0.571. The lowest BCUT2D eigenvalue weighted by Gasteiger charge is -1.88. The van der Waals surface area contributed by atoms with E-state index in [1.165, 1.54) is 0 Å². The van der Waals surface area contributed by atoms with E-state index >= 15 is 0 Å². The summed E-state index contributed by atoms with van der Waals surface area (Å²) in [5.74, 6) is 0. The number of hydrogen-bond acceptors (Lipinski definition) is 0. The molecule has 1 rings (SSSR count). The van der Waals surface area contributed by atoms with Gasteiger partial charge in [0.1, 0.15) is 12.4 Å². The van der Waals surface area contributed by atoms with Gasteiger partial charge in [0.2, 0.25) is 0 Å². The normalized spacial score (nSPS) is 8.71. The zero-order valence-electron chi connectivity index (χ0n) is 3.83. The molecule has 0 unspecified atom stereocenters. The van der Waals surface area contributed by atoms with Gasteiger partial charge in [0.05, 0.1) is 0 Å². The summed E-state index contributed by atoms with van der Waals surface area (Å²) in [7, 11) is 3.27. The lowest BCUT2D eigenvalue weighted by atomic mass is 10.5. The lowest BCUT2D eigenvalue weighted by Crippen LogP contribution is -2.15. The average Bonchev–Trinajstić information content (AvgIpc) is 1.69. The third-order valence-electron chi connectivity index (χ3n) is 0.716. The van der Waals surface area contributed by atoms with Crippen LogP contribution in [0, 0.1) is 0 Å². The van der Waals surface area contributed by atoms with Crippen molar-refractivity contribution < 1.29 is 4.34 Å². The second-order valence-electron chi connectivity index (χ2n) is 1.28. The molecule has 1 aromatic heterocycles. The zero-order valence-corrected chi connectivity index (χ0v) is 4.83. The predicted molar refractivity (Wildman–Crippen MR) is 30.3 cm³/mol. The SMILES string of the molecule is [PH-][n+]1ccccc1. The molecule has 1 heterocycles. The maximum atomic E-state index is 3.27. The maximum absolute atomic E-state index is 3.27. The summed E-state index contributed by atoms with van der Waals surface area (Å²) in [5, 5.41) is 0. The third kappa shape index (κ3) is 1.24. The second kappa shape index (κ2) is 2.04. The van der Waals surface area contributed by atoms with Crippen LogP contribution in [0.5, 0.6) is 0 Å². The van der Waals surface area contributed by atoms with Gasteiger partial charge in [-0.3, -0.25) is 0 Å². The van der Waals surface area contributed by atoms with E-state index in [2.05, 4.69) is 9.39 Å². The Hall–Kier alpha value is -0.420. The molecular formula is C5H6NP. The van der Waals surface area contributed by atoms with Crippen LogP contribution in [0.3, 0.4) is 0 Å². The monoisotopic (exact) mass is 111 g/mol. The number of nitrogens with zero attached hydrogens (tertiary/aromatic N) is 1. The fourth-order valence-electron chi connectivity index (χ4n) is 0.399. The molecule has 1 nitrogen and oxygen atoms in total. The first-order valence-electron chi connectivity index (χ1n) is 2.07. The van der Waals surface area contributed by atoms with Crippen molar-refractivity contribution in [3.8, 4) is 0 Å². The molecule has 0 aliphatic carbocycles. The van der Waals surface area contributed by atoms with Crippen molar-refractivity contribution in [1.82, 2.24) is 0 Å². The Morgan fingerprint density at radius 2 is 1.57 bits per heavy atom. The molecule has 0 aliphatic rings. The van der Waals surface area contributed by atoms with Crippen molar-refractivity contribution in [2.75, 3.05) is 0 Å². The largest absolute Gasteiger partial charge is 0.366 e. The molecule has 0 saturated heterocycles. The average molecular weight is 111 g/mol. The van der Waals surface area contributed by atoms with Gasteiger partial charge >= 0.3 is 0 Å². The fraction of sp³-hybridized carbons (Fsp3) is 0. The minimum absolute atomic E-state index is 1.81. The topological polar surface area (TPSA) is 3.88 Å². The van der Waals surface area contributed by atoms with E-state index in [0.717, 1.165) is 0 Å². The van der Waals surface area contributed by atoms with Crippen molar-refractivity contribution >= 4 is 9.39 Å². The van der Waals surface area contributed by atoms with Gasteiger partial charge < -0.3 is 4.34 Å². The third-order valence-corrected chi connectivity index (χ3v) is 1.01. The van der Waals surface area contributed by atoms with Crippen LogP contribution in [0.4, 0.5) is 0 Å². The summed E-state index contributed by atoms with van der Waals surface area (Å²) in [6, 6.07) is 5.87. The highest BCUT2D eigenvalue weighted by Gasteiger charge is 1.71. The molecule has 0 radical (unpaired) electrons. The smallest absolute Gasteiger partial charge is 0.137 e. The van der Waals surface area contributed by atoms with E-state index in [4.69, 9.17) is 0 Å². The Labute approximate surface area is 45.2 Å². The summed E-state index contributed by atoms with van der Waals surface area (Å²) >= 11 is 0. The Morgan fingerprint density at radius 3 is 1.86 bits per heavy atom. The van der Waals surface area contributed by atoms with Gasteiger partial charge in [-0.05, 0) is 12.1 Å². The summed E-state index contributed by atoms with van der Waals surface area (Å²) in [4.78, 5) is 0. The van der Waals surface area contributed by atoms with Crippen LogP contribution in [0.25, 0.3) is 0 Å². The molecule has 7 heavy (non-hydrogen) atoms. The summed E-state index contributed by atoms with van der Waals surface area (Å²) < 4.78 is 1.81. The van der Waals surface area contributed by atoms with E-state index < -0.39 is 0 Å². The summed E-state index contributed by atoms with van der Waals surface area (Å²) in [5.41, 5.74) is 0. The first kappa shape index (κ1) is 4.73. The molecule has 0 N–H and O–H groups in total. The minimum Gasteiger partial charge on any atom is -0.366 e. The van der Waals surface area contributed by atoms with Gasteiger partial charge in [0, 0.05) is 0 Å². The van der Waals surface area contributed by atoms with Crippen LogP contribution in [-0.4, -0.2) is 0 Å². The molecule has 0 atom stereocenters. The van der Waals surface area contributed by atoms with Gasteiger partial charge in [-0.1, -0.05) is 6.07 Å². The van der Waals surface area contributed by atoms with Gasteiger partial charge in [-0.15, -0.1) is 0 Å². The maximum Gasteiger partial charge on any atom is 0.137 e. The van der Waals surface area contributed by atoms with Gasteiger partial charge in [-0.2, -0.15) is 9.39 Å². The Balaban J connectivity index is 3.02. The number of aromatic nitrogens is 1. The molecule has 36 valence electrons. The standard InChI is InChI=1S/C5H6NP/c7-6-4-2-1-3-5-6/h1-5,7H. The second-order valence-corrected chi connectivity index (χ2v) is 1.80. The van der Waals surface area contributed by atoms with E-state index in [-0.39, 0.29) is 0 Å². The molecule has 2 heteroatoms. The molecule has 0 amide bonds. The Kier molecular flexibility index (Phi) is 1.38. The van der Waals surface area contributed by atoms with Crippen molar-refractivity contribution in [2.45, 2.75) is 0 Å². The summed E-state index contributed by atoms with van der Waals surface area (Å²) in [6.07, 6.45) is 3.83. The zero-order chi connectivity index (χ0) is 5.11. The van der Waals surface area contributed by atoms with Gasteiger partial charge in [0.15, 0.2) is 0 Å². The van der Waals surface area contributed by atoms with Crippen LogP contribution < -0.4 is 4.34 Å². The van der Waals surface area contributed by atoms with Crippen molar-refractivity contribution in [2.24, 2.45) is 0 Å². The van der Waals surface area contributed by atoms with Crippen LogP contribution >= 0.6 is 9.39 Å². The molecule has 0 aliphatic heterocycles. The lowest BCUT2D eigenvalue weighted by molar-refractivity contribution is -0.499. The minimum atomic E-state index is 1.81. The molecule has 0 saturated carbocycles.